The first kappa shape index (κ1) is 20.3. The van der Waals surface area contributed by atoms with Crippen molar-refractivity contribution < 1.29 is 29.3 Å². The second-order valence-corrected chi connectivity index (χ2v) is 6.71. The Labute approximate surface area is 168 Å². The van der Waals surface area contributed by atoms with E-state index in [-0.39, 0.29) is 28.9 Å². The van der Waals surface area contributed by atoms with Crippen LogP contribution in [0.15, 0.2) is 36.4 Å². The van der Waals surface area contributed by atoms with Gasteiger partial charge in [0, 0.05) is 37.8 Å². The van der Waals surface area contributed by atoms with Gasteiger partial charge in [0.15, 0.2) is 0 Å². The molecular weight excluding hydrogens is 376 g/mol. The molecule has 0 bridgehead atoms. The quantitative estimate of drug-likeness (QED) is 0.816. The lowest BCUT2D eigenvalue weighted by atomic mass is 10.1. The van der Waals surface area contributed by atoms with Crippen molar-refractivity contribution in [3.05, 3.63) is 47.5 Å². The zero-order valence-electron chi connectivity index (χ0n) is 16.4. The molecule has 0 aromatic heterocycles. The first-order valence-electron chi connectivity index (χ1n) is 9.27. The summed E-state index contributed by atoms with van der Waals surface area (Å²) >= 11 is 0. The predicted octanol–water partition coefficient (Wildman–Crippen LogP) is 2.10. The summed E-state index contributed by atoms with van der Waals surface area (Å²) in [6.07, 6.45) is 0.597. The Hall–Kier alpha value is -3.42. The van der Waals surface area contributed by atoms with Gasteiger partial charge in [0.1, 0.15) is 28.6 Å². The fraction of sp³-hybridized carbons (Fsp3) is 0.333. The maximum Gasteiger partial charge on any atom is 0.261 e. The van der Waals surface area contributed by atoms with Gasteiger partial charge in [-0.25, -0.2) is 0 Å². The molecule has 1 heterocycles. The summed E-state index contributed by atoms with van der Waals surface area (Å²) in [5, 5.41) is 19.3. The second-order valence-electron chi connectivity index (χ2n) is 6.71. The molecule has 0 atom stereocenters. The number of nitrogens with zero attached hydrogens (tertiary/aromatic N) is 2. The lowest BCUT2D eigenvalue weighted by Crippen LogP contribution is -2.37. The number of rotatable bonds is 4. The predicted molar refractivity (Wildman–Crippen MR) is 106 cm³/mol. The molecule has 1 aliphatic rings. The van der Waals surface area contributed by atoms with Gasteiger partial charge in [-0.3, -0.25) is 9.59 Å². The molecule has 3 rings (SSSR count). The summed E-state index contributed by atoms with van der Waals surface area (Å²) in [5.74, 6) is -0.0148. The minimum Gasteiger partial charge on any atom is -0.508 e. The maximum absolute atomic E-state index is 13.1. The van der Waals surface area contributed by atoms with Crippen molar-refractivity contribution in [2.24, 2.45) is 0 Å². The van der Waals surface area contributed by atoms with Gasteiger partial charge in [-0.2, -0.15) is 0 Å². The molecule has 2 aromatic rings. The first-order chi connectivity index (χ1) is 13.9. The summed E-state index contributed by atoms with van der Waals surface area (Å²) in [6.45, 7) is 1.62. The van der Waals surface area contributed by atoms with E-state index in [2.05, 4.69) is 0 Å². The van der Waals surface area contributed by atoms with Crippen LogP contribution < -0.4 is 9.47 Å². The van der Waals surface area contributed by atoms with E-state index in [1.54, 1.807) is 28.0 Å². The van der Waals surface area contributed by atoms with E-state index in [1.807, 2.05) is 0 Å². The van der Waals surface area contributed by atoms with Crippen LogP contribution in [-0.4, -0.2) is 72.2 Å². The number of ether oxygens (including phenoxy) is 2. The van der Waals surface area contributed by atoms with Crippen LogP contribution in [0.5, 0.6) is 23.0 Å². The molecular formula is C21H24N2O6. The van der Waals surface area contributed by atoms with Crippen LogP contribution >= 0.6 is 0 Å². The molecule has 2 aromatic carbocycles. The molecule has 0 saturated carbocycles. The first-order valence-corrected chi connectivity index (χ1v) is 9.27. The number of phenols is 2. The minimum atomic E-state index is -0.305. The van der Waals surface area contributed by atoms with E-state index in [4.69, 9.17) is 9.47 Å². The molecule has 1 saturated heterocycles. The molecule has 8 nitrogen and oxygen atoms in total. The lowest BCUT2D eigenvalue weighted by molar-refractivity contribution is 0.0714. The van der Waals surface area contributed by atoms with Gasteiger partial charge in [0.2, 0.25) is 0 Å². The average Bonchev–Trinajstić information content (AvgIpc) is 2.97. The number of phenolic OH excluding ortho intramolecular Hbond substituents is 2. The highest BCUT2D eigenvalue weighted by molar-refractivity contribution is 6.00. The molecule has 8 heteroatoms. The van der Waals surface area contributed by atoms with Gasteiger partial charge in [0.05, 0.1) is 14.2 Å². The van der Waals surface area contributed by atoms with E-state index in [1.165, 1.54) is 32.4 Å². The van der Waals surface area contributed by atoms with Crippen LogP contribution in [0, 0.1) is 0 Å². The third-order valence-electron chi connectivity index (χ3n) is 4.86. The normalized spacial score (nSPS) is 14.3. The highest BCUT2D eigenvalue weighted by atomic mass is 16.5. The Balaban J connectivity index is 1.76. The molecule has 154 valence electrons. The van der Waals surface area contributed by atoms with Crippen molar-refractivity contribution in [2.45, 2.75) is 6.42 Å². The fourth-order valence-electron chi connectivity index (χ4n) is 3.44. The van der Waals surface area contributed by atoms with Gasteiger partial charge in [0.25, 0.3) is 11.8 Å². The van der Waals surface area contributed by atoms with Gasteiger partial charge in [-0.1, -0.05) is 6.07 Å². The number of hydrogen-bond acceptors (Lipinski definition) is 6. The molecule has 2 amide bonds. The summed E-state index contributed by atoms with van der Waals surface area (Å²) < 4.78 is 10.7. The summed E-state index contributed by atoms with van der Waals surface area (Å²) in [7, 11) is 3.00. The van der Waals surface area contributed by atoms with Crippen molar-refractivity contribution in [2.75, 3.05) is 40.4 Å². The summed E-state index contributed by atoms with van der Waals surface area (Å²) in [6, 6.07) is 8.96. The SMILES string of the molecule is COc1cccc(OC)c1C(=O)N1CCCN(C(=O)c2cc(O)cc(O)c2)CC1. The smallest absolute Gasteiger partial charge is 0.261 e. The molecule has 1 fully saturated rings. The molecule has 1 aliphatic heterocycles. The van der Waals surface area contributed by atoms with E-state index >= 15 is 0 Å². The van der Waals surface area contributed by atoms with Gasteiger partial charge in [-0.15, -0.1) is 0 Å². The van der Waals surface area contributed by atoms with E-state index < -0.39 is 0 Å². The second kappa shape index (κ2) is 8.72. The molecule has 0 radical (unpaired) electrons. The fourth-order valence-corrected chi connectivity index (χ4v) is 3.44. The number of benzene rings is 2. The highest BCUT2D eigenvalue weighted by Gasteiger charge is 2.27. The Morgan fingerprint density at radius 2 is 1.34 bits per heavy atom. The zero-order chi connectivity index (χ0) is 21.0. The molecule has 29 heavy (non-hydrogen) atoms. The Morgan fingerprint density at radius 3 is 1.86 bits per heavy atom. The highest BCUT2D eigenvalue weighted by Crippen LogP contribution is 2.30. The topological polar surface area (TPSA) is 99.5 Å². The summed E-state index contributed by atoms with van der Waals surface area (Å²) in [5.41, 5.74) is 0.559. The third kappa shape index (κ3) is 4.37. The van der Waals surface area contributed by atoms with Crippen LogP contribution in [0.2, 0.25) is 0 Å². The van der Waals surface area contributed by atoms with E-state index in [0.717, 1.165) is 0 Å². The van der Waals surface area contributed by atoms with Gasteiger partial charge in [-0.05, 0) is 30.7 Å². The van der Waals surface area contributed by atoms with Crippen molar-refractivity contribution >= 4 is 11.8 Å². The Bertz CT molecular complexity index is 872. The van der Waals surface area contributed by atoms with Crippen molar-refractivity contribution in [3.8, 4) is 23.0 Å². The molecule has 2 N–H and O–H groups in total. The third-order valence-corrected chi connectivity index (χ3v) is 4.86. The maximum atomic E-state index is 13.1. The number of aromatic hydroxyl groups is 2. The van der Waals surface area contributed by atoms with Crippen LogP contribution in [0.1, 0.15) is 27.1 Å². The molecule has 0 unspecified atom stereocenters. The monoisotopic (exact) mass is 400 g/mol. The Kier molecular flexibility index (Phi) is 6.11. The Morgan fingerprint density at radius 1 is 0.828 bits per heavy atom. The molecule has 0 spiro atoms. The largest absolute Gasteiger partial charge is 0.508 e. The van der Waals surface area contributed by atoms with Crippen molar-refractivity contribution in [1.29, 1.82) is 0 Å². The van der Waals surface area contributed by atoms with Crippen molar-refractivity contribution in [1.82, 2.24) is 9.80 Å². The lowest BCUT2D eigenvalue weighted by Gasteiger charge is -2.23. The summed E-state index contributed by atoms with van der Waals surface area (Å²) in [4.78, 5) is 29.2. The minimum absolute atomic E-state index is 0.178. The van der Waals surface area contributed by atoms with Crippen molar-refractivity contribution in [3.63, 3.8) is 0 Å². The zero-order valence-corrected chi connectivity index (χ0v) is 16.4. The number of hydrogen-bond donors (Lipinski definition) is 2. The molecule has 0 aliphatic carbocycles. The number of methoxy groups -OCH3 is 2. The van der Waals surface area contributed by atoms with Gasteiger partial charge < -0.3 is 29.5 Å². The number of carbonyl (C=O) groups excluding carboxylic acids is 2. The van der Waals surface area contributed by atoms with E-state index in [9.17, 15) is 19.8 Å². The van der Waals surface area contributed by atoms with Crippen LogP contribution in [0.4, 0.5) is 0 Å². The van der Waals surface area contributed by atoms with Crippen LogP contribution in [-0.2, 0) is 0 Å². The number of carbonyl (C=O) groups is 2. The average molecular weight is 400 g/mol. The van der Waals surface area contributed by atoms with E-state index in [0.29, 0.717) is 49.7 Å². The number of amides is 2. The van der Waals surface area contributed by atoms with Crippen LogP contribution in [0.25, 0.3) is 0 Å². The standard InChI is InChI=1S/C21H24N2O6/c1-28-17-5-3-6-18(29-2)19(17)21(27)23-8-4-7-22(9-10-23)20(26)14-11-15(24)13-16(25)12-14/h3,5-6,11-13,24-25H,4,7-10H2,1-2H3. The van der Waals surface area contributed by atoms with Gasteiger partial charge >= 0.3 is 0 Å². The van der Waals surface area contributed by atoms with Crippen LogP contribution in [0.3, 0.4) is 0 Å².